The fourth-order valence-corrected chi connectivity index (χ4v) is 2.49. The first-order valence-corrected chi connectivity index (χ1v) is 6.26. The number of hydrogen-bond donors (Lipinski definition) is 1. The Balaban J connectivity index is 2.04. The lowest BCUT2D eigenvalue weighted by molar-refractivity contribution is 0.357. The molecule has 2 heterocycles. The maximum Gasteiger partial charge on any atom is 0.122 e. The minimum atomic E-state index is 0.639. The summed E-state index contributed by atoms with van der Waals surface area (Å²) in [7, 11) is 1.96. The Hall–Kier alpha value is -1.81. The molecule has 0 atom stereocenters. The standard InChI is InChI=1S/C14H17N3O/c1-17-13(4-6-15)12(9-16-17)10-2-3-14-11(8-10)5-7-18-14/h2-3,8-9H,4-7,15H2,1H3. The third-order valence-electron chi connectivity index (χ3n) is 3.44. The van der Waals surface area contributed by atoms with E-state index < -0.39 is 0 Å². The zero-order chi connectivity index (χ0) is 12.5. The van der Waals surface area contributed by atoms with Crippen molar-refractivity contribution in [2.75, 3.05) is 13.2 Å². The number of aromatic nitrogens is 2. The molecule has 1 aliphatic rings. The Morgan fingerprint density at radius 1 is 1.44 bits per heavy atom. The molecule has 0 saturated carbocycles. The molecule has 0 amide bonds. The topological polar surface area (TPSA) is 53.1 Å². The number of rotatable bonds is 3. The number of nitrogens with two attached hydrogens (primary N) is 1. The number of nitrogens with zero attached hydrogens (tertiary/aromatic N) is 2. The van der Waals surface area contributed by atoms with E-state index in [0.29, 0.717) is 6.54 Å². The molecule has 0 saturated heterocycles. The van der Waals surface area contributed by atoms with E-state index in [2.05, 4.69) is 23.3 Å². The summed E-state index contributed by atoms with van der Waals surface area (Å²) in [4.78, 5) is 0. The first-order chi connectivity index (χ1) is 8.79. The molecule has 94 valence electrons. The van der Waals surface area contributed by atoms with Crippen molar-refractivity contribution in [2.24, 2.45) is 12.8 Å². The van der Waals surface area contributed by atoms with Gasteiger partial charge in [0.15, 0.2) is 0 Å². The number of benzene rings is 1. The molecule has 0 radical (unpaired) electrons. The predicted molar refractivity (Wildman–Crippen MR) is 70.6 cm³/mol. The van der Waals surface area contributed by atoms with E-state index in [1.165, 1.54) is 22.4 Å². The molecule has 0 fully saturated rings. The zero-order valence-corrected chi connectivity index (χ0v) is 10.5. The average molecular weight is 243 g/mol. The number of fused-ring (bicyclic) bond motifs is 1. The van der Waals surface area contributed by atoms with Crippen LogP contribution in [0.5, 0.6) is 5.75 Å². The molecule has 0 aliphatic carbocycles. The largest absolute Gasteiger partial charge is 0.493 e. The van der Waals surface area contributed by atoms with Gasteiger partial charge in [0.25, 0.3) is 0 Å². The van der Waals surface area contributed by atoms with Gasteiger partial charge in [0, 0.05) is 31.1 Å². The maximum atomic E-state index is 5.66. The first kappa shape index (κ1) is 11.3. The third-order valence-corrected chi connectivity index (χ3v) is 3.44. The molecule has 2 N–H and O–H groups in total. The van der Waals surface area contributed by atoms with Crippen LogP contribution in [0.4, 0.5) is 0 Å². The summed E-state index contributed by atoms with van der Waals surface area (Å²) in [6, 6.07) is 6.36. The lowest BCUT2D eigenvalue weighted by atomic mass is 10.0. The monoisotopic (exact) mass is 243 g/mol. The Kier molecular flexibility index (Phi) is 2.80. The second-order valence-corrected chi connectivity index (χ2v) is 4.59. The van der Waals surface area contributed by atoms with E-state index in [0.717, 1.165) is 25.2 Å². The molecular weight excluding hydrogens is 226 g/mol. The van der Waals surface area contributed by atoms with Gasteiger partial charge >= 0.3 is 0 Å². The van der Waals surface area contributed by atoms with Crippen LogP contribution in [0.15, 0.2) is 24.4 Å². The van der Waals surface area contributed by atoms with Crippen molar-refractivity contribution >= 4 is 0 Å². The van der Waals surface area contributed by atoms with Crippen LogP contribution in [-0.2, 0) is 19.9 Å². The number of ether oxygens (including phenoxy) is 1. The van der Waals surface area contributed by atoms with Gasteiger partial charge in [0.2, 0.25) is 0 Å². The van der Waals surface area contributed by atoms with Gasteiger partial charge in [-0.25, -0.2) is 0 Å². The summed E-state index contributed by atoms with van der Waals surface area (Å²) < 4.78 is 7.44. The first-order valence-electron chi connectivity index (χ1n) is 6.26. The highest BCUT2D eigenvalue weighted by molar-refractivity contribution is 5.68. The highest BCUT2D eigenvalue weighted by Crippen LogP contribution is 2.31. The summed E-state index contributed by atoms with van der Waals surface area (Å²) >= 11 is 0. The van der Waals surface area contributed by atoms with Gasteiger partial charge in [-0.2, -0.15) is 5.10 Å². The summed E-state index contributed by atoms with van der Waals surface area (Å²) in [5.41, 5.74) is 10.5. The van der Waals surface area contributed by atoms with E-state index >= 15 is 0 Å². The van der Waals surface area contributed by atoms with Crippen LogP contribution in [0.3, 0.4) is 0 Å². The van der Waals surface area contributed by atoms with Gasteiger partial charge in [-0.15, -0.1) is 0 Å². The van der Waals surface area contributed by atoms with Crippen molar-refractivity contribution in [1.82, 2.24) is 9.78 Å². The van der Waals surface area contributed by atoms with Crippen LogP contribution in [0.2, 0.25) is 0 Å². The van der Waals surface area contributed by atoms with Crippen LogP contribution < -0.4 is 10.5 Å². The quantitative estimate of drug-likeness (QED) is 0.889. The average Bonchev–Trinajstić information content (AvgIpc) is 2.97. The molecule has 0 spiro atoms. The van der Waals surface area contributed by atoms with Crippen molar-refractivity contribution in [3.05, 3.63) is 35.7 Å². The van der Waals surface area contributed by atoms with Gasteiger partial charge in [-0.1, -0.05) is 6.07 Å². The van der Waals surface area contributed by atoms with E-state index in [4.69, 9.17) is 10.5 Å². The third kappa shape index (κ3) is 1.78. The highest BCUT2D eigenvalue weighted by Gasteiger charge is 2.15. The molecule has 0 unspecified atom stereocenters. The molecule has 1 aromatic heterocycles. The number of hydrogen-bond acceptors (Lipinski definition) is 3. The second kappa shape index (κ2) is 4.46. The minimum Gasteiger partial charge on any atom is -0.493 e. The maximum absolute atomic E-state index is 5.66. The molecule has 1 aliphatic heterocycles. The fourth-order valence-electron chi connectivity index (χ4n) is 2.49. The van der Waals surface area contributed by atoms with Crippen molar-refractivity contribution in [3.63, 3.8) is 0 Å². The van der Waals surface area contributed by atoms with Crippen molar-refractivity contribution in [3.8, 4) is 16.9 Å². The minimum absolute atomic E-state index is 0.639. The fraction of sp³-hybridized carbons (Fsp3) is 0.357. The van der Waals surface area contributed by atoms with Crippen LogP contribution in [0.1, 0.15) is 11.3 Å². The van der Waals surface area contributed by atoms with Gasteiger partial charge in [0.05, 0.1) is 12.8 Å². The summed E-state index contributed by atoms with van der Waals surface area (Å²) in [5, 5.41) is 4.33. The molecule has 2 aromatic rings. The molecule has 4 heteroatoms. The van der Waals surface area contributed by atoms with E-state index in [9.17, 15) is 0 Å². The summed E-state index contributed by atoms with van der Waals surface area (Å²) in [5.74, 6) is 1.02. The van der Waals surface area contributed by atoms with E-state index in [1.807, 2.05) is 17.9 Å². The molecule has 1 aromatic carbocycles. The van der Waals surface area contributed by atoms with Crippen molar-refractivity contribution in [2.45, 2.75) is 12.8 Å². The summed E-state index contributed by atoms with van der Waals surface area (Å²) in [6.45, 7) is 1.43. The molecule has 4 nitrogen and oxygen atoms in total. The van der Waals surface area contributed by atoms with E-state index in [1.54, 1.807) is 0 Å². The van der Waals surface area contributed by atoms with Crippen LogP contribution in [0, 0.1) is 0 Å². The number of aryl methyl sites for hydroxylation is 1. The van der Waals surface area contributed by atoms with Crippen LogP contribution >= 0.6 is 0 Å². The van der Waals surface area contributed by atoms with Crippen molar-refractivity contribution in [1.29, 1.82) is 0 Å². The Labute approximate surface area is 106 Å². The van der Waals surface area contributed by atoms with Gasteiger partial charge in [-0.3, -0.25) is 4.68 Å². The highest BCUT2D eigenvalue weighted by atomic mass is 16.5. The van der Waals surface area contributed by atoms with Gasteiger partial charge in [-0.05, 0) is 29.8 Å². The molecule has 0 bridgehead atoms. The van der Waals surface area contributed by atoms with Gasteiger partial charge in [0.1, 0.15) is 5.75 Å². The SMILES string of the molecule is Cn1ncc(-c2ccc3c(c2)CCO3)c1CCN. The van der Waals surface area contributed by atoms with Crippen molar-refractivity contribution < 1.29 is 4.74 Å². The second-order valence-electron chi connectivity index (χ2n) is 4.59. The molecule has 18 heavy (non-hydrogen) atoms. The smallest absolute Gasteiger partial charge is 0.122 e. The van der Waals surface area contributed by atoms with Crippen LogP contribution in [-0.4, -0.2) is 22.9 Å². The Bertz CT molecular complexity index is 574. The lowest BCUT2D eigenvalue weighted by Crippen LogP contribution is -2.08. The molecular formula is C14H17N3O. The zero-order valence-electron chi connectivity index (χ0n) is 10.5. The molecule has 3 rings (SSSR count). The predicted octanol–water partition coefficient (Wildman–Crippen LogP) is 1.52. The Morgan fingerprint density at radius 2 is 2.33 bits per heavy atom. The summed E-state index contributed by atoms with van der Waals surface area (Å²) in [6.07, 6.45) is 3.76. The Morgan fingerprint density at radius 3 is 3.17 bits per heavy atom. The van der Waals surface area contributed by atoms with E-state index in [-0.39, 0.29) is 0 Å². The lowest BCUT2D eigenvalue weighted by Gasteiger charge is -2.06. The normalized spacial score (nSPS) is 13.4. The van der Waals surface area contributed by atoms with Gasteiger partial charge < -0.3 is 10.5 Å². The van der Waals surface area contributed by atoms with Crippen LogP contribution in [0.25, 0.3) is 11.1 Å².